The number of aliphatic carboxylic acids is 1. The zero-order valence-corrected chi connectivity index (χ0v) is 19.2. The summed E-state index contributed by atoms with van der Waals surface area (Å²) in [5.41, 5.74) is 1.54. The Labute approximate surface area is 181 Å². The Hall–Kier alpha value is -2.42. The monoisotopic (exact) mass is 440 g/mol. The SMILES string of the molecule is CSCC[C@@H](NC(=O)[C@@H](Cc1c(C)cc(O)cc1C)NC(=O)OC(C)(C)C)C(=O)O. The second-order valence-corrected chi connectivity index (χ2v) is 9.13. The van der Waals surface area contributed by atoms with Gasteiger partial charge in [-0.3, -0.25) is 4.79 Å². The number of phenolic OH excluding ortho intramolecular Hbond substituents is 1. The number of alkyl carbamates (subject to hydrolysis) is 1. The van der Waals surface area contributed by atoms with E-state index in [0.29, 0.717) is 5.75 Å². The molecular formula is C21H32N2O6S. The fraction of sp³-hybridized carbons (Fsp3) is 0.571. The number of hydrogen-bond donors (Lipinski definition) is 4. The van der Waals surface area contributed by atoms with Gasteiger partial charge in [0.15, 0.2) is 0 Å². The van der Waals surface area contributed by atoms with Crippen LogP contribution in [0.25, 0.3) is 0 Å². The van der Waals surface area contributed by atoms with Crippen LogP contribution in [0.1, 0.15) is 43.9 Å². The van der Waals surface area contributed by atoms with Crippen molar-refractivity contribution < 1.29 is 29.3 Å². The van der Waals surface area contributed by atoms with Gasteiger partial charge in [-0.1, -0.05) is 0 Å². The van der Waals surface area contributed by atoms with Gasteiger partial charge in [0.25, 0.3) is 0 Å². The number of thioether (sulfide) groups is 1. The Morgan fingerprint density at radius 2 is 1.67 bits per heavy atom. The van der Waals surface area contributed by atoms with Gasteiger partial charge in [-0.25, -0.2) is 9.59 Å². The Bertz CT molecular complexity index is 752. The van der Waals surface area contributed by atoms with Crippen molar-refractivity contribution in [1.29, 1.82) is 0 Å². The minimum Gasteiger partial charge on any atom is -0.508 e. The van der Waals surface area contributed by atoms with E-state index in [1.165, 1.54) is 11.8 Å². The van der Waals surface area contributed by atoms with E-state index in [1.54, 1.807) is 46.8 Å². The Kier molecular flexibility index (Phi) is 9.48. The maximum Gasteiger partial charge on any atom is 0.408 e. The molecule has 2 atom stereocenters. The predicted molar refractivity (Wildman–Crippen MR) is 117 cm³/mol. The van der Waals surface area contributed by atoms with Crippen molar-refractivity contribution in [2.45, 2.75) is 65.1 Å². The van der Waals surface area contributed by atoms with Crippen LogP contribution in [-0.4, -0.2) is 57.9 Å². The number of carbonyl (C=O) groups excluding carboxylic acids is 2. The quantitative estimate of drug-likeness (QED) is 0.465. The molecule has 0 saturated carbocycles. The second kappa shape index (κ2) is 11.1. The number of hydrogen-bond acceptors (Lipinski definition) is 6. The van der Waals surface area contributed by atoms with Crippen molar-refractivity contribution in [2.24, 2.45) is 0 Å². The van der Waals surface area contributed by atoms with Crippen molar-refractivity contribution in [3.8, 4) is 5.75 Å². The molecule has 9 heteroatoms. The molecule has 4 N–H and O–H groups in total. The first-order valence-corrected chi connectivity index (χ1v) is 11.0. The molecule has 0 aliphatic carbocycles. The summed E-state index contributed by atoms with van der Waals surface area (Å²) in [6.45, 7) is 8.71. The van der Waals surface area contributed by atoms with Crippen LogP contribution in [0.2, 0.25) is 0 Å². The average Bonchev–Trinajstić information content (AvgIpc) is 2.58. The summed E-state index contributed by atoms with van der Waals surface area (Å²) in [4.78, 5) is 36.7. The van der Waals surface area contributed by atoms with Crippen LogP contribution in [0, 0.1) is 13.8 Å². The van der Waals surface area contributed by atoms with Crippen molar-refractivity contribution >= 4 is 29.7 Å². The van der Waals surface area contributed by atoms with E-state index in [1.807, 2.05) is 6.26 Å². The predicted octanol–water partition coefficient (Wildman–Crippen LogP) is 2.77. The van der Waals surface area contributed by atoms with E-state index in [9.17, 15) is 24.6 Å². The van der Waals surface area contributed by atoms with Crippen LogP contribution in [0.3, 0.4) is 0 Å². The third-order valence-electron chi connectivity index (χ3n) is 4.32. The standard InChI is InChI=1S/C21H32N2O6S/c1-12-9-14(24)10-13(2)15(12)11-17(23-20(28)29-21(3,4)5)18(25)22-16(19(26)27)7-8-30-6/h9-10,16-17,24H,7-8,11H2,1-6H3,(H,22,25)(H,23,28)(H,26,27)/t16-,17-/m1/s1. The highest BCUT2D eigenvalue weighted by atomic mass is 32.2. The van der Waals surface area contributed by atoms with Gasteiger partial charge < -0.3 is 25.6 Å². The summed E-state index contributed by atoms with van der Waals surface area (Å²) < 4.78 is 5.26. The minimum atomic E-state index is -1.13. The zero-order chi connectivity index (χ0) is 23.1. The minimum absolute atomic E-state index is 0.109. The first-order valence-electron chi connectivity index (χ1n) is 9.64. The number of benzene rings is 1. The number of nitrogens with one attached hydrogen (secondary N) is 2. The number of ether oxygens (including phenoxy) is 1. The summed E-state index contributed by atoms with van der Waals surface area (Å²) in [6, 6.07) is 1.04. The van der Waals surface area contributed by atoms with Crippen LogP contribution in [0.15, 0.2) is 12.1 Å². The average molecular weight is 441 g/mol. The van der Waals surface area contributed by atoms with Crippen molar-refractivity contribution in [3.63, 3.8) is 0 Å². The van der Waals surface area contributed by atoms with Crippen LogP contribution in [-0.2, 0) is 20.7 Å². The summed E-state index contributed by atoms with van der Waals surface area (Å²) in [6.07, 6.45) is 1.47. The third-order valence-corrected chi connectivity index (χ3v) is 4.97. The molecule has 0 spiro atoms. The van der Waals surface area contributed by atoms with E-state index < -0.39 is 35.7 Å². The van der Waals surface area contributed by atoms with Gasteiger partial charge >= 0.3 is 12.1 Å². The molecule has 0 aliphatic rings. The van der Waals surface area contributed by atoms with Crippen molar-refractivity contribution in [2.75, 3.05) is 12.0 Å². The van der Waals surface area contributed by atoms with E-state index >= 15 is 0 Å². The number of phenols is 1. The molecule has 0 unspecified atom stereocenters. The molecule has 8 nitrogen and oxygen atoms in total. The number of rotatable bonds is 9. The van der Waals surface area contributed by atoms with Gasteiger partial charge in [-0.2, -0.15) is 11.8 Å². The molecule has 0 bridgehead atoms. The molecule has 0 aromatic heterocycles. The molecule has 0 heterocycles. The van der Waals surface area contributed by atoms with Gasteiger partial charge in [-0.05, 0) is 81.9 Å². The molecule has 0 radical (unpaired) electrons. The molecule has 0 fully saturated rings. The highest BCUT2D eigenvalue weighted by Gasteiger charge is 2.29. The smallest absolute Gasteiger partial charge is 0.408 e. The lowest BCUT2D eigenvalue weighted by atomic mass is 9.95. The normalized spacial score (nSPS) is 13.3. The molecule has 2 amide bonds. The van der Waals surface area contributed by atoms with Crippen LogP contribution < -0.4 is 10.6 Å². The molecule has 1 aromatic carbocycles. The van der Waals surface area contributed by atoms with Gasteiger partial charge in [0.05, 0.1) is 0 Å². The summed E-state index contributed by atoms with van der Waals surface area (Å²) in [7, 11) is 0. The van der Waals surface area contributed by atoms with Crippen LogP contribution >= 0.6 is 11.8 Å². The highest BCUT2D eigenvalue weighted by Crippen LogP contribution is 2.22. The number of aryl methyl sites for hydroxylation is 2. The lowest BCUT2D eigenvalue weighted by Crippen LogP contribution is -2.53. The van der Waals surface area contributed by atoms with Gasteiger partial charge in [-0.15, -0.1) is 0 Å². The Morgan fingerprint density at radius 1 is 1.10 bits per heavy atom. The van der Waals surface area contributed by atoms with Crippen LogP contribution in [0.4, 0.5) is 4.79 Å². The number of carboxylic acid groups (broad SMARTS) is 1. The molecule has 30 heavy (non-hydrogen) atoms. The van der Waals surface area contributed by atoms with Gasteiger partial charge in [0.2, 0.25) is 5.91 Å². The van der Waals surface area contributed by atoms with Crippen molar-refractivity contribution in [3.05, 3.63) is 28.8 Å². The zero-order valence-electron chi connectivity index (χ0n) is 18.4. The first kappa shape index (κ1) is 25.6. The number of carboxylic acids is 1. The molecule has 1 rings (SSSR count). The lowest BCUT2D eigenvalue weighted by molar-refractivity contribution is -0.142. The van der Waals surface area contributed by atoms with Crippen LogP contribution in [0.5, 0.6) is 5.75 Å². The third kappa shape index (κ3) is 8.52. The summed E-state index contributed by atoms with van der Waals surface area (Å²) >= 11 is 1.48. The molecule has 1 aromatic rings. The summed E-state index contributed by atoms with van der Waals surface area (Å²) in [5, 5.41) is 24.2. The first-order chi connectivity index (χ1) is 13.8. The Morgan fingerprint density at radius 3 is 2.13 bits per heavy atom. The fourth-order valence-electron chi connectivity index (χ4n) is 2.92. The molecule has 168 valence electrons. The second-order valence-electron chi connectivity index (χ2n) is 8.14. The number of carbonyl (C=O) groups is 3. The van der Waals surface area contributed by atoms with Crippen molar-refractivity contribution in [1.82, 2.24) is 10.6 Å². The van der Waals surface area contributed by atoms with Gasteiger partial charge in [0, 0.05) is 6.42 Å². The number of amides is 2. The van der Waals surface area contributed by atoms with E-state index in [-0.39, 0.29) is 18.6 Å². The molecule has 0 saturated heterocycles. The molecule has 0 aliphatic heterocycles. The highest BCUT2D eigenvalue weighted by molar-refractivity contribution is 7.98. The molecular weight excluding hydrogens is 408 g/mol. The Balaban J connectivity index is 3.12. The number of aromatic hydroxyl groups is 1. The maximum absolute atomic E-state index is 12.9. The van der Waals surface area contributed by atoms with E-state index in [4.69, 9.17) is 4.74 Å². The fourth-order valence-corrected chi connectivity index (χ4v) is 3.39. The summed E-state index contributed by atoms with van der Waals surface area (Å²) in [5.74, 6) is -1.07. The largest absolute Gasteiger partial charge is 0.508 e. The van der Waals surface area contributed by atoms with E-state index in [2.05, 4.69) is 10.6 Å². The maximum atomic E-state index is 12.9. The van der Waals surface area contributed by atoms with Gasteiger partial charge in [0.1, 0.15) is 23.4 Å². The van der Waals surface area contributed by atoms with E-state index in [0.717, 1.165) is 16.7 Å². The lowest BCUT2D eigenvalue weighted by Gasteiger charge is -2.25. The topological polar surface area (TPSA) is 125 Å².